The van der Waals surface area contributed by atoms with Gasteiger partial charge >= 0.3 is 0 Å². The van der Waals surface area contributed by atoms with Crippen molar-refractivity contribution < 1.29 is 9.90 Å². The van der Waals surface area contributed by atoms with Crippen LogP contribution < -0.4 is 0 Å². The number of unbranched alkanes of at least 4 members (excludes halogenated alkanes) is 4. The molecule has 1 heterocycles. The van der Waals surface area contributed by atoms with Gasteiger partial charge < -0.3 is 14.9 Å². The molecule has 1 aliphatic rings. The van der Waals surface area contributed by atoms with Gasteiger partial charge in [-0.15, -0.1) is 0 Å². The first kappa shape index (κ1) is 21.0. The fraction of sp³-hybridized carbons (Fsp3) is 0.824. The summed E-state index contributed by atoms with van der Waals surface area (Å²) in [4.78, 5) is 16.4. The molecule has 0 amide bonds. The van der Waals surface area contributed by atoms with E-state index in [4.69, 9.17) is 0 Å². The largest absolute Gasteiger partial charge is 0.391 e. The van der Waals surface area contributed by atoms with Crippen LogP contribution in [0.3, 0.4) is 0 Å². The highest BCUT2D eigenvalue weighted by atomic mass is 79.9. The number of carbonyl (C=O) groups is 1. The molecule has 0 aromatic rings. The first-order valence-electron chi connectivity index (χ1n) is 8.51. The van der Waals surface area contributed by atoms with E-state index in [1.807, 2.05) is 13.1 Å². The number of carbonyl (C=O) groups excluding carboxylic acids is 1. The molecule has 0 bridgehead atoms. The van der Waals surface area contributed by atoms with E-state index >= 15 is 0 Å². The molecular weight excluding hydrogens is 424 g/mol. The maximum absolute atomic E-state index is 12.1. The minimum atomic E-state index is -0.632. The van der Waals surface area contributed by atoms with Crippen molar-refractivity contribution >= 4 is 37.6 Å². The van der Waals surface area contributed by atoms with Gasteiger partial charge in [-0.05, 0) is 13.3 Å². The lowest BCUT2D eigenvalue weighted by Gasteiger charge is -2.25. The first-order valence-corrected chi connectivity index (χ1v) is 10.4. The number of Topliss-reactive ketones (excluding diaryl/α,β-unsaturated/α-hetero) is 1. The Morgan fingerprint density at radius 3 is 2.57 bits per heavy atom. The topological polar surface area (TPSA) is 43.8 Å². The highest BCUT2D eigenvalue weighted by Crippen LogP contribution is 2.23. The Bertz CT molecular complexity index is 389. The quantitative estimate of drug-likeness (QED) is 0.359. The number of aliphatic hydroxyl groups excluding tert-OH is 1. The second kappa shape index (κ2) is 10.7. The summed E-state index contributed by atoms with van der Waals surface area (Å²) in [5.41, 5.74) is 0. The van der Waals surface area contributed by atoms with Gasteiger partial charge in [-0.25, -0.2) is 0 Å². The van der Waals surface area contributed by atoms with E-state index in [0.29, 0.717) is 11.9 Å². The molecule has 0 saturated carbocycles. The number of nitrogens with zero attached hydrogens (tertiary/aromatic N) is 2. The van der Waals surface area contributed by atoms with Crippen LogP contribution in [0.15, 0.2) is 12.4 Å². The Balaban J connectivity index is 2.22. The van der Waals surface area contributed by atoms with Crippen molar-refractivity contribution in [3.8, 4) is 0 Å². The SMILES string of the molecule is CCCCCCCN1C=CN(CC(O)CC(=O)C(C)(Br)CBr)C1. The summed E-state index contributed by atoms with van der Waals surface area (Å²) < 4.78 is -0.598. The van der Waals surface area contributed by atoms with Crippen molar-refractivity contribution in [2.75, 3.05) is 25.1 Å². The Morgan fingerprint density at radius 2 is 1.91 bits per heavy atom. The molecule has 2 atom stereocenters. The third-order valence-electron chi connectivity index (χ3n) is 4.10. The molecule has 23 heavy (non-hydrogen) atoms. The van der Waals surface area contributed by atoms with Gasteiger partial charge in [0.2, 0.25) is 0 Å². The Kier molecular flexibility index (Phi) is 9.78. The smallest absolute Gasteiger partial charge is 0.152 e. The zero-order valence-electron chi connectivity index (χ0n) is 14.3. The summed E-state index contributed by atoms with van der Waals surface area (Å²) >= 11 is 6.72. The monoisotopic (exact) mass is 452 g/mol. The molecule has 1 N–H and O–H groups in total. The molecule has 1 aliphatic heterocycles. The molecule has 1 rings (SSSR count). The standard InChI is InChI=1S/C17H30Br2N2O2/c1-3-4-5-6-7-8-20-9-10-21(14-20)12-15(22)11-16(23)17(2,19)13-18/h9-10,15,22H,3-8,11-14H2,1-2H3. The average molecular weight is 454 g/mol. The lowest BCUT2D eigenvalue weighted by Crippen LogP contribution is -2.37. The van der Waals surface area contributed by atoms with Crippen molar-refractivity contribution in [3.05, 3.63) is 12.4 Å². The number of hydrogen-bond acceptors (Lipinski definition) is 4. The van der Waals surface area contributed by atoms with E-state index in [0.717, 1.165) is 13.2 Å². The average Bonchev–Trinajstić information content (AvgIpc) is 2.94. The number of halogens is 2. The maximum Gasteiger partial charge on any atom is 0.152 e. The van der Waals surface area contributed by atoms with Crippen LogP contribution in [0.25, 0.3) is 0 Å². The zero-order chi connectivity index (χ0) is 17.3. The van der Waals surface area contributed by atoms with Gasteiger partial charge in [0, 0.05) is 37.2 Å². The first-order chi connectivity index (χ1) is 10.9. The number of ketones is 1. The van der Waals surface area contributed by atoms with Gasteiger partial charge in [-0.2, -0.15) is 0 Å². The van der Waals surface area contributed by atoms with E-state index in [2.05, 4.69) is 54.8 Å². The minimum absolute atomic E-state index is 0.0258. The van der Waals surface area contributed by atoms with Gasteiger partial charge in [0.25, 0.3) is 0 Å². The number of β-amino-alcohol motifs (C(OH)–C–C–N with tert-alkyl or cyclic N) is 1. The van der Waals surface area contributed by atoms with Crippen LogP contribution >= 0.6 is 31.9 Å². The second-order valence-corrected chi connectivity index (χ2v) is 8.86. The molecule has 2 unspecified atom stereocenters. The molecule has 134 valence electrons. The summed E-state index contributed by atoms with van der Waals surface area (Å²) in [6, 6.07) is 0. The molecule has 0 aliphatic carbocycles. The molecule has 4 nitrogen and oxygen atoms in total. The molecule has 0 spiro atoms. The Hall–Kier alpha value is -0.0700. The van der Waals surface area contributed by atoms with E-state index < -0.39 is 10.4 Å². The third-order valence-corrected chi connectivity index (χ3v) is 6.70. The van der Waals surface area contributed by atoms with Crippen LogP contribution in [-0.2, 0) is 4.79 Å². The van der Waals surface area contributed by atoms with Crippen LogP contribution in [0, 0.1) is 0 Å². The predicted octanol–water partition coefficient (Wildman–Crippen LogP) is 3.87. The molecule has 0 saturated heterocycles. The highest BCUT2D eigenvalue weighted by molar-refractivity contribution is 9.12. The lowest BCUT2D eigenvalue weighted by molar-refractivity contribution is -0.122. The highest BCUT2D eigenvalue weighted by Gasteiger charge is 2.30. The number of rotatable bonds is 12. The molecular formula is C17H30Br2N2O2. The van der Waals surface area contributed by atoms with Gasteiger partial charge in [0.15, 0.2) is 5.78 Å². The van der Waals surface area contributed by atoms with E-state index in [-0.39, 0.29) is 12.2 Å². The summed E-state index contributed by atoms with van der Waals surface area (Å²) in [7, 11) is 0. The summed E-state index contributed by atoms with van der Waals surface area (Å²) in [5.74, 6) is 0.0258. The van der Waals surface area contributed by atoms with Gasteiger partial charge in [-0.3, -0.25) is 4.79 Å². The van der Waals surface area contributed by atoms with Crippen LogP contribution in [0.2, 0.25) is 0 Å². The van der Waals surface area contributed by atoms with Crippen molar-refractivity contribution in [3.63, 3.8) is 0 Å². The molecule has 0 aromatic carbocycles. The number of aliphatic hydroxyl groups is 1. The van der Waals surface area contributed by atoms with Crippen molar-refractivity contribution in [2.24, 2.45) is 0 Å². The molecule has 0 aromatic heterocycles. The lowest BCUT2D eigenvalue weighted by atomic mass is 10.0. The van der Waals surface area contributed by atoms with Crippen LogP contribution in [0.1, 0.15) is 52.4 Å². The van der Waals surface area contributed by atoms with Gasteiger partial charge in [0.05, 0.1) is 17.1 Å². The fourth-order valence-corrected chi connectivity index (χ4v) is 3.01. The summed E-state index contributed by atoms with van der Waals surface area (Å²) in [6.45, 7) is 6.43. The van der Waals surface area contributed by atoms with Gasteiger partial charge in [0.1, 0.15) is 0 Å². The van der Waals surface area contributed by atoms with E-state index in [1.54, 1.807) is 0 Å². The van der Waals surface area contributed by atoms with Crippen molar-refractivity contribution in [1.29, 1.82) is 0 Å². The minimum Gasteiger partial charge on any atom is -0.391 e. The third kappa shape index (κ3) is 8.03. The predicted molar refractivity (Wildman–Crippen MR) is 103 cm³/mol. The number of alkyl halides is 2. The van der Waals surface area contributed by atoms with Crippen LogP contribution in [0.5, 0.6) is 0 Å². The van der Waals surface area contributed by atoms with E-state index in [1.165, 1.54) is 32.1 Å². The Labute approximate surface area is 157 Å². The van der Waals surface area contributed by atoms with E-state index in [9.17, 15) is 9.90 Å². The normalized spacial score (nSPS) is 18.3. The number of hydrogen-bond donors (Lipinski definition) is 1. The molecule has 0 fully saturated rings. The maximum atomic E-state index is 12.1. The Morgan fingerprint density at radius 1 is 1.26 bits per heavy atom. The summed E-state index contributed by atoms with van der Waals surface area (Å²) in [5, 5.41) is 10.7. The molecule has 6 heteroatoms. The summed E-state index contributed by atoms with van der Waals surface area (Å²) in [6.07, 6.45) is 10.1. The van der Waals surface area contributed by atoms with Crippen LogP contribution in [-0.4, -0.2) is 56.2 Å². The van der Waals surface area contributed by atoms with Crippen molar-refractivity contribution in [2.45, 2.75) is 62.8 Å². The second-order valence-electron chi connectivity index (χ2n) is 6.55. The zero-order valence-corrected chi connectivity index (χ0v) is 17.5. The molecule has 0 radical (unpaired) electrons. The van der Waals surface area contributed by atoms with Crippen LogP contribution in [0.4, 0.5) is 0 Å². The van der Waals surface area contributed by atoms with Crippen molar-refractivity contribution in [1.82, 2.24) is 9.80 Å². The van der Waals surface area contributed by atoms with Gasteiger partial charge in [-0.1, -0.05) is 64.5 Å². The fourth-order valence-electron chi connectivity index (χ4n) is 2.54.